The summed E-state index contributed by atoms with van der Waals surface area (Å²) >= 11 is 0. The summed E-state index contributed by atoms with van der Waals surface area (Å²) in [5.41, 5.74) is 3.27. The summed E-state index contributed by atoms with van der Waals surface area (Å²) in [6, 6.07) is 18.1. The summed E-state index contributed by atoms with van der Waals surface area (Å²) in [7, 11) is 0. The van der Waals surface area contributed by atoms with Crippen LogP contribution in [0.25, 0.3) is 11.1 Å². The number of benzene rings is 2. The predicted octanol–water partition coefficient (Wildman–Crippen LogP) is 2.12. The second-order valence-corrected chi connectivity index (χ2v) is 4.16. The molecule has 0 aliphatic carbocycles. The second-order valence-electron chi connectivity index (χ2n) is 4.16. The number of anilines is 1. The Balaban J connectivity index is 2.02. The van der Waals surface area contributed by atoms with E-state index >= 15 is 0 Å². The van der Waals surface area contributed by atoms with E-state index in [2.05, 4.69) is 17.4 Å². The molecule has 0 saturated heterocycles. The summed E-state index contributed by atoms with van der Waals surface area (Å²) in [6.45, 7) is 0.121. The largest absolute Gasteiger partial charge is 0.394 e. The predicted molar refractivity (Wildman–Crippen MR) is 73.5 cm³/mol. The number of rotatable bonds is 5. The second kappa shape index (κ2) is 6.19. The molecular formula is C15H17NO2. The van der Waals surface area contributed by atoms with Gasteiger partial charge in [0.15, 0.2) is 0 Å². The van der Waals surface area contributed by atoms with E-state index in [9.17, 15) is 5.11 Å². The molecule has 3 heteroatoms. The van der Waals surface area contributed by atoms with Crippen LogP contribution in [0, 0.1) is 0 Å². The van der Waals surface area contributed by atoms with E-state index in [1.165, 1.54) is 5.56 Å². The zero-order valence-electron chi connectivity index (χ0n) is 10.1. The Morgan fingerprint density at radius 1 is 0.889 bits per heavy atom. The Morgan fingerprint density at radius 3 is 2.11 bits per heavy atom. The maximum absolute atomic E-state index is 9.24. The smallest absolute Gasteiger partial charge is 0.0942 e. The lowest BCUT2D eigenvalue weighted by Crippen LogP contribution is -2.22. The summed E-state index contributed by atoms with van der Waals surface area (Å²) < 4.78 is 0. The molecule has 0 aliphatic rings. The SMILES string of the molecule is OC[C@@H](O)CNc1ccc(-c2ccccc2)cc1. The van der Waals surface area contributed by atoms with Crippen LogP contribution in [0.1, 0.15) is 0 Å². The summed E-state index contributed by atoms with van der Waals surface area (Å²) in [4.78, 5) is 0. The van der Waals surface area contributed by atoms with Gasteiger partial charge in [-0.05, 0) is 23.3 Å². The number of hydrogen-bond donors (Lipinski definition) is 3. The number of hydrogen-bond acceptors (Lipinski definition) is 3. The van der Waals surface area contributed by atoms with E-state index in [-0.39, 0.29) is 6.61 Å². The van der Waals surface area contributed by atoms with Crippen molar-refractivity contribution in [2.45, 2.75) is 6.10 Å². The fraction of sp³-hybridized carbons (Fsp3) is 0.200. The van der Waals surface area contributed by atoms with Gasteiger partial charge in [0.1, 0.15) is 0 Å². The third kappa shape index (κ3) is 3.32. The molecular weight excluding hydrogens is 226 g/mol. The highest BCUT2D eigenvalue weighted by Gasteiger charge is 2.01. The van der Waals surface area contributed by atoms with Gasteiger partial charge in [-0.2, -0.15) is 0 Å². The minimum absolute atomic E-state index is 0.227. The van der Waals surface area contributed by atoms with E-state index in [0.717, 1.165) is 11.3 Å². The fourth-order valence-electron chi connectivity index (χ4n) is 1.71. The van der Waals surface area contributed by atoms with Crippen molar-refractivity contribution in [3.05, 3.63) is 54.6 Å². The molecule has 0 saturated carbocycles. The van der Waals surface area contributed by atoms with Crippen molar-refractivity contribution in [1.82, 2.24) is 0 Å². The Morgan fingerprint density at radius 2 is 1.50 bits per heavy atom. The molecule has 1 atom stereocenters. The molecule has 3 nitrogen and oxygen atoms in total. The highest BCUT2D eigenvalue weighted by molar-refractivity contribution is 5.65. The first-order chi connectivity index (χ1) is 8.79. The molecule has 3 N–H and O–H groups in total. The molecule has 0 fully saturated rings. The van der Waals surface area contributed by atoms with Gasteiger partial charge in [0.25, 0.3) is 0 Å². The Labute approximate surface area is 107 Å². The Kier molecular flexibility index (Phi) is 4.34. The molecule has 0 amide bonds. The van der Waals surface area contributed by atoms with Crippen molar-refractivity contribution >= 4 is 5.69 Å². The molecule has 2 rings (SSSR count). The highest BCUT2D eigenvalue weighted by atomic mass is 16.3. The van der Waals surface area contributed by atoms with Crippen LogP contribution in [0.3, 0.4) is 0 Å². The van der Waals surface area contributed by atoms with Crippen LogP contribution in [-0.2, 0) is 0 Å². The lowest BCUT2D eigenvalue weighted by molar-refractivity contribution is 0.105. The molecule has 0 heterocycles. The third-order valence-electron chi connectivity index (χ3n) is 2.74. The Bertz CT molecular complexity index is 468. The topological polar surface area (TPSA) is 52.5 Å². The van der Waals surface area contributed by atoms with Gasteiger partial charge in [0.2, 0.25) is 0 Å². The zero-order valence-corrected chi connectivity index (χ0v) is 10.1. The van der Waals surface area contributed by atoms with Gasteiger partial charge in [-0.15, -0.1) is 0 Å². The average molecular weight is 243 g/mol. The Hall–Kier alpha value is -1.84. The zero-order chi connectivity index (χ0) is 12.8. The molecule has 18 heavy (non-hydrogen) atoms. The minimum atomic E-state index is -0.723. The van der Waals surface area contributed by atoms with Crippen molar-refractivity contribution in [3.63, 3.8) is 0 Å². The van der Waals surface area contributed by atoms with Crippen LogP contribution in [0.4, 0.5) is 5.69 Å². The summed E-state index contributed by atoms with van der Waals surface area (Å²) in [6.07, 6.45) is -0.723. The van der Waals surface area contributed by atoms with Crippen LogP contribution in [0.5, 0.6) is 0 Å². The van der Waals surface area contributed by atoms with E-state index in [4.69, 9.17) is 5.11 Å². The standard InChI is InChI=1S/C15H17NO2/c17-11-15(18)10-16-14-8-6-13(7-9-14)12-4-2-1-3-5-12/h1-9,15-18H,10-11H2/t15-/m0/s1. The fourth-order valence-corrected chi connectivity index (χ4v) is 1.71. The van der Waals surface area contributed by atoms with Gasteiger partial charge < -0.3 is 15.5 Å². The van der Waals surface area contributed by atoms with Gasteiger partial charge in [-0.3, -0.25) is 0 Å². The first kappa shape index (κ1) is 12.6. The number of aliphatic hydroxyl groups excluding tert-OH is 2. The normalized spacial score (nSPS) is 12.1. The van der Waals surface area contributed by atoms with E-state index < -0.39 is 6.10 Å². The average Bonchev–Trinajstić information content (AvgIpc) is 2.46. The van der Waals surface area contributed by atoms with Crippen molar-refractivity contribution < 1.29 is 10.2 Å². The van der Waals surface area contributed by atoms with E-state index in [0.29, 0.717) is 6.54 Å². The monoisotopic (exact) mass is 243 g/mol. The van der Waals surface area contributed by atoms with Gasteiger partial charge in [-0.1, -0.05) is 42.5 Å². The maximum atomic E-state index is 9.24. The molecule has 0 unspecified atom stereocenters. The molecule has 0 spiro atoms. The van der Waals surface area contributed by atoms with Crippen molar-refractivity contribution in [1.29, 1.82) is 0 Å². The van der Waals surface area contributed by atoms with Crippen LogP contribution >= 0.6 is 0 Å². The molecule has 0 aromatic heterocycles. The highest BCUT2D eigenvalue weighted by Crippen LogP contribution is 2.20. The molecule has 2 aromatic rings. The minimum Gasteiger partial charge on any atom is -0.394 e. The third-order valence-corrected chi connectivity index (χ3v) is 2.74. The molecule has 0 aliphatic heterocycles. The molecule has 2 aromatic carbocycles. The van der Waals surface area contributed by atoms with Crippen molar-refractivity contribution in [2.24, 2.45) is 0 Å². The maximum Gasteiger partial charge on any atom is 0.0942 e. The van der Waals surface area contributed by atoms with E-state index in [1.54, 1.807) is 0 Å². The molecule has 94 valence electrons. The van der Waals surface area contributed by atoms with Crippen LogP contribution in [0.15, 0.2) is 54.6 Å². The quantitative estimate of drug-likeness (QED) is 0.754. The van der Waals surface area contributed by atoms with Gasteiger partial charge >= 0.3 is 0 Å². The van der Waals surface area contributed by atoms with Gasteiger partial charge in [0, 0.05) is 12.2 Å². The van der Waals surface area contributed by atoms with Crippen LogP contribution < -0.4 is 5.32 Å². The number of nitrogens with one attached hydrogen (secondary N) is 1. The first-order valence-electron chi connectivity index (χ1n) is 5.98. The summed E-state index contributed by atoms with van der Waals surface area (Å²) in [5.74, 6) is 0. The van der Waals surface area contributed by atoms with Crippen molar-refractivity contribution in [3.8, 4) is 11.1 Å². The van der Waals surface area contributed by atoms with Crippen molar-refractivity contribution in [2.75, 3.05) is 18.5 Å². The first-order valence-corrected chi connectivity index (χ1v) is 5.98. The van der Waals surface area contributed by atoms with Crippen LogP contribution in [0.2, 0.25) is 0 Å². The van der Waals surface area contributed by atoms with Crippen LogP contribution in [-0.4, -0.2) is 29.5 Å². The van der Waals surface area contributed by atoms with Gasteiger partial charge in [-0.25, -0.2) is 0 Å². The van der Waals surface area contributed by atoms with Gasteiger partial charge in [0.05, 0.1) is 12.7 Å². The van der Waals surface area contributed by atoms with E-state index in [1.807, 2.05) is 42.5 Å². The molecule has 0 radical (unpaired) electrons. The summed E-state index contributed by atoms with van der Waals surface area (Å²) in [5, 5.41) is 21.0. The molecule has 0 bridgehead atoms. The number of aliphatic hydroxyl groups is 2. The lowest BCUT2D eigenvalue weighted by Gasteiger charge is -2.10. The lowest BCUT2D eigenvalue weighted by atomic mass is 10.1.